The Balaban J connectivity index is 2.99. The molecule has 20 heavy (non-hydrogen) atoms. The summed E-state index contributed by atoms with van der Waals surface area (Å²) in [6.45, 7) is 7.10. The molecule has 1 rings (SSSR count). The molecule has 1 aromatic rings. The van der Waals surface area contributed by atoms with Crippen molar-refractivity contribution in [3.8, 4) is 11.5 Å². The molecule has 1 unspecified atom stereocenters. The molecule has 0 saturated heterocycles. The number of ether oxygens (including phenoxy) is 2. The lowest BCUT2D eigenvalue weighted by atomic mass is 10.1. The van der Waals surface area contributed by atoms with Gasteiger partial charge in [-0.05, 0) is 39.8 Å². The zero-order valence-corrected chi connectivity index (χ0v) is 12.5. The molecule has 3 N–H and O–H groups in total. The van der Waals surface area contributed by atoms with Crippen molar-refractivity contribution in [3.05, 3.63) is 18.2 Å². The Hall–Kier alpha value is -2.11. The summed E-state index contributed by atoms with van der Waals surface area (Å²) in [5.74, 6) is 0.917. The van der Waals surface area contributed by atoms with Crippen molar-refractivity contribution >= 4 is 11.8 Å². The van der Waals surface area contributed by atoms with Gasteiger partial charge in [0.05, 0.1) is 7.11 Å². The highest BCUT2D eigenvalue weighted by Crippen LogP contribution is 2.31. The molecule has 0 aliphatic rings. The van der Waals surface area contributed by atoms with E-state index in [4.69, 9.17) is 15.2 Å². The Morgan fingerprint density at radius 3 is 2.40 bits per heavy atom. The van der Waals surface area contributed by atoms with E-state index in [9.17, 15) is 9.90 Å². The Bertz CT molecular complexity index is 483. The average molecular weight is 282 g/mol. The lowest BCUT2D eigenvalue weighted by Gasteiger charge is -2.37. The van der Waals surface area contributed by atoms with Gasteiger partial charge < -0.3 is 20.3 Å². The van der Waals surface area contributed by atoms with Gasteiger partial charge in [-0.1, -0.05) is 0 Å². The molecule has 6 heteroatoms. The number of rotatable bonds is 4. The minimum atomic E-state index is -1.04. The highest BCUT2D eigenvalue weighted by Gasteiger charge is 2.32. The zero-order chi connectivity index (χ0) is 15.5. The van der Waals surface area contributed by atoms with Crippen LogP contribution in [0.3, 0.4) is 0 Å². The standard InChI is InChI=1S/C14H22N2O4/c1-9(16(13(17)18)14(2,3)4)20-11-7-6-10(15)8-12(11)19-5/h6-9H,15H2,1-5H3,(H,17,18). The first kappa shape index (κ1) is 15.9. The van der Waals surface area contributed by atoms with E-state index in [-0.39, 0.29) is 0 Å². The largest absolute Gasteiger partial charge is 0.493 e. The van der Waals surface area contributed by atoms with Crippen molar-refractivity contribution in [1.29, 1.82) is 0 Å². The SMILES string of the molecule is COc1cc(N)ccc1OC(C)N(C(=O)O)C(C)(C)C. The Labute approximate surface area is 119 Å². The molecule has 1 aromatic carbocycles. The second kappa shape index (κ2) is 5.90. The van der Waals surface area contributed by atoms with Crippen molar-refractivity contribution in [1.82, 2.24) is 4.90 Å². The van der Waals surface area contributed by atoms with E-state index in [0.717, 1.165) is 0 Å². The maximum absolute atomic E-state index is 11.4. The number of methoxy groups -OCH3 is 1. The number of benzene rings is 1. The first-order valence-corrected chi connectivity index (χ1v) is 6.29. The van der Waals surface area contributed by atoms with Gasteiger partial charge in [0.2, 0.25) is 0 Å². The summed E-state index contributed by atoms with van der Waals surface area (Å²) in [5.41, 5.74) is 5.64. The molecule has 6 nitrogen and oxygen atoms in total. The number of carboxylic acid groups (broad SMARTS) is 1. The maximum atomic E-state index is 11.4. The van der Waals surface area contributed by atoms with Crippen LogP contribution in [0.2, 0.25) is 0 Å². The fraction of sp³-hybridized carbons (Fsp3) is 0.500. The molecule has 0 bridgehead atoms. The van der Waals surface area contributed by atoms with E-state index in [0.29, 0.717) is 17.2 Å². The molecule has 0 spiro atoms. The molecular formula is C14H22N2O4. The summed E-state index contributed by atoms with van der Waals surface area (Å²) in [4.78, 5) is 12.6. The summed E-state index contributed by atoms with van der Waals surface area (Å²) in [6.07, 6.45) is -1.70. The van der Waals surface area contributed by atoms with Crippen LogP contribution < -0.4 is 15.2 Å². The van der Waals surface area contributed by atoms with Crippen LogP contribution in [-0.2, 0) is 0 Å². The predicted octanol–water partition coefficient (Wildman–Crippen LogP) is 2.78. The summed E-state index contributed by atoms with van der Waals surface area (Å²) in [6, 6.07) is 4.96. The van der Waals surface area contributed by atoms with E-state index in [1.807, 2.05) is 0 Å². The quantitative estimate of drug-likeness (QED) is 0.655. The molecule has 0 saturated carbocycles. The summed E-state index contributed by atoms with van der Waals surface area (Å²) < 4.78 is 10.9. The number of carbonyl (C=O) groups is 1. The van der Waals surface area contributed by atoms with Crippen LogP contribution in [0.5, 0.6) is 11.5 Å². The van der Waals surface area contributed by atoms with E-state index in [1.165, 1.54) is 12.0 Å². The molecular weight excluding hydrogens is 260 g/mol. The molecule has 112 valence electrons. The van der Waals surface area contributed by atoms with E-state index >= 15 is 0 Å². The summed E-state index contributed by atoms with van der Waals surface area (Å²) in [7, 11) is 1.50. The third-order valence-corrected chi connectivity index (χ3v) is 2.78. The predicted molar refractivity (Wildman–Crippen MR) is 77.1 cm³/mol. The van der Waals surface area contributed by atoms with Crippen LogP contribution in [0.1, 0.15) is 27.7 Å². The Morgan fingerprint density at radius 1 is 1.35 bits per heavy atom. The minimum Gasteiger partial charge on any atom is -0.493 e. The lowest BCUT2D eigenvalue weighted by Crippen LogP contribution is -2.52. The van der Waals surface area contributed by atoms with Gasteiger partial charge in [-0.2, -0.15) is 0 Å². The Morgan fingerprint density at radius 2 is 1.95 bits per heavy atom. The van der Waals surface area contributed by atoms with Crippen molar-refractivity contribution < 1.29 is 19.4 Å². The maximum Gasteiger partial charge on any atom is 0.410 e. The van der Waals surface area contributed by atoms with Gasteiger partial charge >= 0.3 is 6.09 Å². The topological polar surface area (TPSA) is 85.0 Å². The highest BCUT2D eigenvalue weighted by atomic mass is 16.5. The number of nitrogens with two attached hydrogens (primary N) is 1. The van der Waals surface area contributed by atoms with E-state index < -0.39 is 17.9 Å². The second-order valence-electron chi connectivity index (χ2n) is 5.45. The van der Waals surface area contributed by atoms with Gasteiger partial charge in [0.1, 0.15) is 0 Å². The number of nitrogen functional groups attached to an aromatic ring is 1. The van der Waals surface area contributed by atoms with E-state index in [2.05, 4.69) is 0 Å². The third-order valence-electron chi connectivity index (χ3n) is 2.78. The molecule has 0 aliphatic heterocycles. The van der Waals surface area contributed by atoms with Crippen LogP contribution >= 0.6 is 0 Å². The monoisotopic (exact) mass is 282 g/mol. The molecule has 0 fully saturated rings. The Kier molecular flexibility index (Phi) is 4.70. The molecule has 0 radical (unpaired) electrons. The number of hydrogen-bond acceptors (Lipinski definition) is 4. The van der Waals surface area contributed by atoms with Gasteiger partial charge in [-0.3, -0.25) is 4.90 Å². The highest BCUT2D eigenvalue weighted by molar-refractivity contribution is 5.66. The van der Waals surface area contributed by atoms with Crippen LogP contribution in [0.4, 0.5) is 10.5 Å². The smallest absolute Gasteiger partial charge is 0.410 e. The van der Waals surface area contributed by atoms with Gasteiger partial charge in [-0.25, -0.2) is 4.79 Å². The van der Waals surface area contributed by atoms with E-state index in [1.54, 1.807) is 45.9 Å². The minimum absolute atomic E-state index is 0.449. The van der Waals surface area contributed by atoms with Crippen molar-refractivity contribution in [2.24, 2.45) is 0 Å². The zero-order valence-electron chi connectivity index (χ0n) is 12.5. The van der Waals surface area contributed by atoms with Gasteiger partial charge in [0.15, 0.2) is 17.7 Å². The normalized spacial score (nSPS) is 12.7. The lowest BCUT2D eigenvalue weighted by molar-refractivity contribution is -0.00854. The van der Waals surface area contributed by atoms with Gasteiger partial charge in [0.25, 0.3) is 0 Å². The summed E-state index contributed by atoms with van der Waals surface area (Å²) >= 11 is 0. The second-order valence-corrected chi connectivity index (χ2v) is 5.45. The van der Waals surface area contributed by atoms with Crippen LogP contribution in [0.25, 0.3) is 0 Å². The van der Waals surface area contributed by atoms with Crippen LogP contribution in [0, 0.1) is 0 Å². The molecule has 0 aromatic heterocycles. The van der Waals surface area contributed by atoms with Gasteiger partial charge in [0, 0.05) is 17.3 Å². The van der Waals surface area contributed by atoms with Crippen LogP contribution in [0.15, 0.2) is 18.2 Å². The fourth-order valence-electron chi connectivity index (χ4n) is 2.01. The number of anilines is 1. The molecule has 1 amide bonds. The molecule has 0 aliphatic carbocycles. The molecule has 0 heterocycles. The third kappa shape index (κ3) is 3.69. The van der Waals surface area contributed by atoms with Crippen LogP contribution in [-0.4, -0.2) is 35.0 Å². The summed E-state index contributed by atoms with van der Waals surface area (Å²) in [5, 5.41) is 9.32. The van der Waals surface area contributed by atoms with Crippen molar-refractivity contribution in [3.63, 3.8) is 0 Å². The molecule has 1 atom stereocenters. The average Bonchev–Trinajstić information content (AvgIpc) is 2.28. The number of nitrogens with zero attached hydrogens (tertiary/aromatic N) is 1. The van der Waals surface area contributed by atoms with Crippen molar-refractivity contribution in [2.45, 2.75) is 39.5 Å². The number of amides is 1. The first-order valence-electron chi connectivity index (χ1n) is 6.29. The number of hydrogen-bond donors (Lipinski definition) is 2. The van der Waals surface area contributed by atoms with Gasteiger partial charge in [-0.15, -0.1) is 0 Å². The first-order chi connectivity index (χ1) is 9.16. The fourth-order valence-corrected chi connectivity index (χ4v) is 2.01. The van der Waals surface area contributed by atoms with Crippen molar-refractivity contribution in [2.75, 3.05) is 12.8 Å².